The number of para-hydroxylation sites is 1. The third kappa shape index (κ3) is 7.37. The molecule has 5 rings (SSSR count). The number of nitrogens with zero attached hydrogens (tertiary/aromatic N) is 4. The molecule has 0 aliphatic carbocycles. The third-order valence-corrected chi connectivity index (χ3v) is 7.54. The number of pyridine rings is 1. The topological polar surface area (TPSA) is 143 Å². The van der Waals surface area contributed by atoms with Crippen molar-refractivity contribution in [3.8, 4) is 22.9 Å². The van der Waals surface area contributed by atoms with Gasteiger partial charge < -0.3 is 30.2 Å². The molecule has 3 N–H and O–H groups in total. The largest absolute Gasteiger partial charge is 0.497 e. The number of nitrogens with one attached hydrogen (secondary N) is 1. The number of ether oxygens (including phenoxy) is 3. The van der Waals surface area contributed by atoms with E-state index >= 15 is 4.39 Å². The van der Waals surface area contributed by atoms with Gasteiger partial charge in [0.05, 0.1) is 30.6 Å². The van der Waals surface area contributed by atoms with Crippen LogP contribution in [0.3, 0.4) is 0 Å². The van der Waals surface area contributed by atoms with Crippen LogP contribution in [0.1, 0.15) is 23.0 Å². The maximum absolute atomic E-state index is 15.3. The standard InChI is InChI=1S/C35H37FN6O6/c1-21(37)35(45)47-26(19-40(3)4)20-41-22(2)32(34(44)42(41)24-9-7-6-8-10-24)33(43)39-23-11-14-31(28(36)17-23)48-30-15-16-38-29-18-25(46-5)12-13-27(29)30/h6-18,21,26H,19-20,37H2,1-5H3,(H,39,43)/t21-,26+/m0/s1. The van der Waals surface area contributed by atoms with Crippen LogP contribution in [-0.2, 0) is 16.1 Å². The highest BCUT2D eigenvalue weighted by Crippen LogP contribution is 2.33. The van der Waals surface area contributed by atoms with Crippen LogP contribution in [-0.4, -0.2) is 71.0 Å². The van der Waals surface area contributed by atoms with Gasteiger partial charge in [-0.15, -0.1) is 0 Å². The lowest BCUT2D eigenvalue weighted by Crippen LogP contribution is -2.40. The lowest BCUT2D eigenvalue weighted by atomic mass is 10.2. The maximum Gasteiger partial charge on any atom is 0.323 e. The van der Waals surface area contributed by atoms with Crippen LogP contribution in [0.15, 0.2) is 83.8 Å². The first-order valence-electron chi connectivity index (χ1n) is 15.2. The summed E-state index contributed by atoms with van der Waals surface area (Å²) in [6, 6.07) is 18.8. The zero-order valence-corrected chi connectivity index (χ0v) is 27.3. The minimum Gasteiger partial charge on any atom is -0.497 e. The van der Waals surface area contributed by atoms with Crippen LogP contribution < -0.4 is 26.1 Å². The van der Waals surface area contributed by atoms with Gasteiger partial charge in [0.2, 0.25) is 0 Å². The molecule has 13 heteroatoms. The van der Waals surface area contributed by atoms with Crippen LogP contribution in [0.25, 0.3) is 16.6 Å². The Balaban J connectivity index is 1.44. The number of esters is 1. The van der Waals surface area contributed by atoms with Crippen molar-refractivity contribution in [1.82, 2.24) is 19.2 Å². The van der Waals surface area contributed by atoms with Crippen LogP contribution in [0.5, 0.6) is 17.2 Å². The summed E-state index contributed by atoms with van der Waals surface area (Å²) in [6.07, 6.45) is 0.849. The second-order valence-electron chi connectivity index (χ2n) is 11.5. The van der Waals surface area contributed by atoms with Crippen molar-refractivity contribution >= 4 is 28.5 Å². The molecule has 0 radical (unpaired) electrons. The van der Waals surface area contributed by atoms with Crippen LogP contribution in [0.2, 0.25) is 0 Å². The molecule has 48 heavy (non-hydrogen) atoms. The zero-order valence-electron chi connectivity index (χ0n) is 27.3. The van der Waals surface area contributed by atoms with Gasteiger partial charge in [0, 0.05) is 35.9 Å². The molecule has 2 atom stereocenters. The Morgan fingerprint density at radius 2 is 1.79 bits per heavy atom. The fraction of sp³-hybridized carbons (Fsp3) is 0.257. The second-order valence-corrected chi connectivity index (χ2v) is 11.5. The molecule has 3 aromatic carbocycles. The highest BCUT2D eigenvalue weighted by Gasteiger charge is 2.27. The van der Waals surface area contributed by atoms with Crippen LogP contribution in [0, 0.1) is 12.7 Å². The SMILES string of the molecule is COc1ccc2c(Oc3ccc(NC(=O)c4c(C)n(C[C@@H](CN(C)C)OC(=O)[C@H](C)N)n(-c5ccccc5)c4=O)cc3F)ccnc2c1. The number of carbonyl (C=O) groups is 2. The Morgan fingerprint density at radius 3 is 2.46 bits per heavy atom. The van der Waals surface area contributed by atoms with Crippen molar-refractivity contribution in [2.24, 2.45) is 5.73 Å². The summed E-state index contributed by atoms with van der Waals surface area (Å²) in [4.78, 5) is 46.1. The average Bonchev–Trinajstić information content (AvgIpc) is 3.30. The van der Waals surface area contributed by atoms with Crippen molar-refractivity contribution in [2.45, 2.75) is 32.5 Å². The molecule has 0 bridgehead atoms. The number of benzene rings is 3. The van der Waals surface area contributed by atoms with Gasteiger partial charge >= 0.3 is 5.97 Å². The van der Waals surface area contributed by atoms with Gasteiger partial charge in [0.1, 0.15) is 29.2 Å². The van der Waals surface area contributed by atoms with E-state index in [0.717, 1.165) is 6.07 Å². The van der Waals surface area contributed by atoms with Crippen molar-refractivity contribution in [2.75, 3.05) is 33.1 Å². The first-order valence-corrected chi connectivity index (χ1v) is 15.2. The summed E-state index contributed by atoms with van der Waals surface area (Å²) < 4.78 is 35.1. The Hall–Kier alpha value is -5.53. The fourth-order valence-corrected chi connectivity index (χ4v) is 5.25. The molecule has 0 fully saturated rings. The lowest BCUT2D eigenvalue weighted by molar-refractivity contribution is -0.151. The smallest absolute Gasteiger partial charge is 0.323 e. The summed E-state index contributed by atoms with van der Waals surface area (Å²) >= 11 is 0. The molecule has 12 nitrogen and oxygen atoms in total. The van der Waals surface area contributed by atoms with Gasteiger partial charge in [-0.1, -0.05) is 18.2 Å². The number of aromatic nitrogens is 3. The molecular formula is C35H37FN6O6. The minimum absolute atomic E-state index is 0.0526. The highest BCUT2D eigenvalue weighted by atomic mass is 19.1. The van der Waals surface area contributed by atoms with Gasteiger partial charge in [0.15, 0.2) is 11.6 Å². The number of carbonyl (C=O) groups excluding carboxylic acids is 2. The fourth-order valence-electron chi connectivity index (χ4n) is 5.25. The number of methoxy groups -OCH3 is 1. The Kier molecular flexibility index (Phi) is 10.2. The lowest BCUT2D eigenvalue weighted by Gasteiger charge is -2.25. The molecule has 250 valence electrons. The quantitative estimate of drug-likeness (QED) is 0.186. The molecule has 0 aliphatic heterocycles. The molecule has 0 saturated heterocycles. The molecular weight excluding hydrogens is 619 g/mol. The Labute approximate surface area is 276 Å². The molecule has 2 heterocycles. The number of halogens is 1. The summed E-state index contributed by atoms with van der Waals surface area (Å²) in [6.45, 7) is 3.54. The molecule has 0 spiro atoms. The number of anilines is 1. The maximum atomic E-state index is 15.3. The molecule has 5 aromatic rings. The van der Waals surface area contributed by atoms with E-state index in [1.54, 1.807) is 79.5 Å². The van der Waals surface area contributed by atoms with Crippen molar-refractivity contribution in [3.63, 3.8) is 0 Å². The van der Waals surface area contributed by atoms with Gasteiger partial charge in [0.25, 0.3) is 11.5 Å². The Morgan fingerprint density at radius 1 is 1.04 bits per heavy atom. The number of hydrogen-bond donors (Lipinski definition) is 2. The van der Waals surface area contributed by atoms with Gasteiger partial charge in [-0.05, 0) is 70.4 Å². The monoisotopic (exact) mass is 656 g/mol. The van der Waals surface area contributed by atoms with Crippen molar-refractivity contribution in [3.05, 3.63) is 106 Å². The summed E-state index contributed by atoms with van der Waals surface area (Å²) in [5.41, 5.74) is 6.55. The second kappa shape index (κ2) is 14.5. The number of likely N-dealkylation sites (N-methyl/N-ethyl adjacent to an activating group) is 1. The first-order chi connectivity index (χ1) is 23.0. The van der Waals surface area contributed by atoms with Crippen molar-refractivity contribution < 1.29 is 28.2 Å². The summed E-state index contributed by atoms with van der Waals surface area (Å²) in [5, 5.41) is 3.30. The van der Waals surface area contributed by atoms with Crippen LogP contribution >= 0.6 is 0 Å². The zero-order chi connectivity index (χ0) is 34.5. The average molecular weight is 657 g/mol. The number of rotatable bonds is 12. The number of fused-ring (bicyclic) bond motifs is 1. The molecule has 0 unspecified atom stereocenters. The van der Waals surface area contributed by atoms with Gasteiger partial charge in [-0.3, -0.25) is 24.0 Å². The molecule has 2 aromatic heterocycles. The van der Waals surface area contributed by atoms with E-state index in [9.17, 15) is 14.4 Å². The third-order valence-electron chi connectivity index (χ3n) is 7.54. The van der Waals surface area contributed by atoms with Gasteiger partial charge in [-0.2, -0.15) is 0 Å². The first kappa shape index (κ1) is 33.8. The number of nitrogens with two attached hydrogens (primary N) is 1. The van der Waals surface area contributed by atoms with Crippen molar-refractivity contribution in [1.29, 1.82) is 0 Å². The summed E-state index contributed by atoms with van der Waals surface area (Å²) in [5.74, 6) is -1.12. The predicted octanol–water partition coefficient (Wildman–Crippen LogP) is 4.51. The molecule has 0 saturated carbocycles. The predicted molar refractivity (Wildman–Crippen MR) is 180 cm³/mol. The van der Waals surface area contributed by atoms with Crippen LogP contribution in [0.4, 0.5) is 10.1 Å². The minimum atomic E-state index is -0.844. The molecule has 1 amide bonds. The number of amides is 1. The van der Waals surface area contributed by atoms with E-state index in [1.807, 2.05) is 19.0 Å². The van der Waals surface area contributed by atoms with E-state index in [4.69, 9.17) is 19.9 Å². The summed E-state index contributed by atoms with van der Waals surface area (Å²) in [7, 11) is 5.20. The Bertz CT molecular complexity index is 2010. The van der Waals surface area contributed by atoms with E-state index in [0.29, 0.717) is 40.3 Å². The van der Waals surface area contributed by atoms with E-state index in [2.05, 4.69) is 10.3 Å². The van der Waals surface area contributed by atoms with E-state index in [-0.39, 0.29) is 23.5 Å². The van der Waals surface area contributed by atoms with E-state index in [1.165, 1.54) is 23.7 Å². The normalized spacial score (nSPS) is 12.5. The highest BCUT2D eigenvalue weighted by molar-refractivity contribution is 6.05. The number of hydrogen-bond acceptors (Lipinski definition) is 9. The molecule has 0 aliphatic rings. The van der Waals surface area contributed by atoms with Gasteiger partial charge in [-0.25, -0.2) is 9.07 Å². The van der Waals surface area contributed by atoms with E-state index < -0.39 is 35.4 Å².